The Kier molecular flexibility index (Phi) is 1.49. The molecule has 0 amide bonds. The molecule has 1 spiro atoms. The maximum atomic E-state index is 4.05. The minimum atomic E-state index is 0.478. The van der Waals surface area contributed by atoms with Gasteiger partial charge in [0, 0.05) is 0 Å². The molecule has 0 radical (unpaired) electrons. The van der Waals surface area contributed by atoms with E-state index < -0.39 is 0 Å². The highest BCUT2D eigenvalue weighted by atomic mass is 14.4. The highest BCUT2D eigenvalue weighted by Gasteiger charge is 2.32. The Balaban J connectivity index is 2.18. The van der Waals surface area contributed by atoms with Crippen LogP contribution in [-0.2, 0) is 0 Å². The van der Waals surface area contributed by atoms with Crippen LogP contribution in [0.25, 0.3) is 0 Å². The molecule has 0 aliphatic heterocycles. The summed E-state index contributed by atoms with van der Waals surface area (Å²) in [6.07, 6.45) is 14.0. The fourth-order valence-corrected chi connectivity index (χ4v) is 2.13. The SMILES string of the molecule is C=C1CCC2(C=CC=CC2)C1. The Bertz CT molecular complexity index is 232. The van der Waals surface area contributed by atoms with Crippen LogP contribution in [0.2, 0.25) is 0 Å². The summed E-state index contributed by atoms with van der Waals surface area (Å²) in [5.74, 6) is 0. The predicted molar refractivity (Wildman–Crippen MR) is 48.3 cm³/mol. The molecule has 58 valence electrons. The molecule has 1 saturated carbocycles. The Morgan fingerprint density at radius 3 is 2.82 bits per heavy atom. The second kappa shape index (κ2) is 2.37. The minimum absolute atomic E-state index is 0.478. The van der Waals surface area contributed by atoms with Gasteiger partial charge in [-0.1, -0.05) is 36.5 Å². The molecule has 0 aromatic rings. The van der Waals surface area contributed by atoms with Gasteiger partial charge >= 0.3 is 0 Å². The molecule has 0 N–H and O–H groups in total. The van der Waals surface area contributed by atoms with E-state index in [1.807, 2.05) is 0 Å². The monoisotopic (exact) mass is 146 g/mol. The van der Waals surface area contributed by atoms with E-state index in [4.69, 9.17) is 0 Å². The first-order valence-electron chi connectivity index (χ1n) is 4.32. The Labute approximate surface area is 68.3 Å². The molecule has 0 bridgehead atoms. The average Bonchev–Trinajstić information content (AvgIpc) is 2.34. The number of hydrogen-bond acceptors (Lipinski definition) is 0. The molecule has 0 nitrogen and oxygen atoms in total. The van der Waals surface area contributed by atoms with Gasteiger partial charge in [0.2, 0.25) is 0 Å². The Hall–Kier alpha value is -0.780. The first-order valence-corrected chi connectivity index (χ1v) is 4.32. The number of allylic oxidation sites excluding steroid dienone is 5. The molecule has 1 atom stereocenters. The average molecular weight is 146 g/mol. The van der Waals surface area contributed by atoms with E-state index >= 15 is 0 Å². The van der Waals surface area contributed by atoms with Crippen molar-refractivity contribution in [3.05, 3.63) is 36.5 Å². The van der Waals surface area contributed by atoms with Gasteiger partial charge in [-0.25, -0.2) is 0 Å². The van der Waals surface area contributed by atoms with Gasteiger partial charge in [0.05, 0.1) is 0 Å². The van der Waals surface area contributed by atoms with Crippen molar-refractivity contribution in [3.63, 3.8) is 0 Å². The van der Waals surface area contributed by atoms with Crippen LogP contribution >= 0.6 is 0 Å². The third-order valence-corrected chi connectivity index (χ3v) is 2.80. The van der Waals surface area contributed by atoms with Crippen molar-refractivity contribution in [3.8, 4) is 0 Å². The molecule has 0 saturated heterocycles. The highest BCUT2D eigenvalue weighted by molar-refractivity contribution is 5.23. The van der Waals surface area contributed by atoms with Crippen molar-refractivity contribution in [1.82, 2.24) is 0 Å². The van der Waals surface area contributed by atoms with Crippen LogP contribution in [0.1, 0.15) is 25.7 Å². The molecule has 2 rings (SSSR count). The van der Waals surface area contributed by atoms with E-state index in [2.05, 4.69) is 30.9 Å². The zero-order valence-electron chi connectivity index (χ0n) is 6.84. The van der Waals surface area contributed by atoms with Gasteiger partial charge in [-0.3, -0.25) is 0 Å². The van der Waals surface area contributed by atoms with Crippen LogP contribution in [0, 0.1) is 5.41 Å². The fraction of sp³-hybridized carbons (Fsp3) is 0.455. The largest absolute Gasteiger partial charge is 0.0998 e. The van der Waals surface area contributed by atoms with Gasteiger partial charge in [-0.05, 0) is 31.1 Å². The first-order chi connectivity index (χ1) is 5.31. The zero-order chi connectivity index (χ0) is 7.73. The second-order valence-corrected chi connectivity index (χ2v) is 3.78. The molecular weight excluding hydrogens is 132 g/mol. The lowest BCUT2D eigenvalue weighted by atomic mass is 9.80. The van der Waals surface area contributed by atoms with E-state index in [1.165, 1.54) is 31.3 Å². The summed E-state index contributed by atoms with van der Waals surface area (Å²) in [4.78, 5) is 0. The standard InChI is InChI=1S/C11H14/c1-10-5-8-11(9-10)6-3-2-4-7-11/h2-4,6H,1,5,7-9H2. The molecule has 1 unspecified atom stereocenters. The molecule has 2 aliphatic rings. The van der Waals surface area contributed by atoms with Crippen LogP contribution in [-0.4, -0.2) is 0 Å². The predicted octanol–water partition coefficient (Wildman–Crippen LogP) is 3.23. The third-order valence-electron chi connectivity index (χ3n) is 2.80. The smallest absolute Gasteiger partial charge is 0.00405 e. The van der Waals surface area contributed by atoms with E-state index in [0.717, 1.165) is 0 Å². The number of hydrogen-bond donors (Lipinski definition) is 0. The summed E-state index contributed by atoms with van der Waals surface area (Å²) in [6.45, 7) is 4.05. The summed E-state index contributed by atoms with van der Waals surface area (Å²) in [5, 5.41) is 0. The molecule has 0 aromatic heterocycles. The van der Waals surface area contributed by atoms with Crippen molar-refractivity contribution in [2.45, 2.75) is 25.7 Å². The molecule has 0 heterocycles. The molecule has 11 heavy (non-hydrogen) atoms. The van der Waals surface area contributed by atoms with Gasteiger partial charge < -0.3 is 0 Å². The van der Waals surface area contributed by atoms with Crippen molar-refractivity contribution >= 4 is 0 Å². The van der Waals surface area contributed by atoms with Crippen LogP contribution in [0.15, 0.2) is 36.5 Å². The quantitative estimate of drug-likeness (QED) is 0.460. The lowest BCUT2D eigenvalue weighted by Gasteiger charge is -2.24. The first kappa shape index (κ1) is 6.90. The van der Waals surface area contributed by atoms with Crippen molar-refractivity contribution in [2.24, 2.45) is 5.41 Å². The van der Waals surface area contributed by atoms with Crippen LogP contribution in [0.5, 0.6) is 0 Å². The summed E-state index contributed by atoms with van der Waals surface area (Å²) in [7, 11) is 0. The van der Waals surface area contributed by atoms with E-state index in [0.29, 0.717) is 5.41 Å². The Morgan fingerprint density at radius 2 is 2.27 bits per heavy atom. The molecule has 0 aromatic carbocycles. The van der Waals surface area contributed by atoms with Gasteiger partial charge in [0.1, 0.15) is 0 Å². The van der Waals surface area contributed by atoms with Crippen molar-refractivity contribution in [2.75, 3.05) is 0 Å². The molecule has 2 aliphatic carbocycles. The second-order valence-electron chi connectivity index (χ2n) is 3.78. The summed E-state index contributed by atoms with van der Waals surface area (Å²) >= 11 is 0. The topological polar surface area (TPSA) is 0 Å². The molecular formula is C11H14. The maximum absolute atomic E-state index is 4.05. The maximum Gasteiger partial charge on any atom is -0.00405 e. The van der Waals surface area contributed by atoms with Crippen LogP contribution < -0.4 is 0 Å². The van der Waals surface area contributed by atoms with Gasteiger partial charge in [0.15, 0.2) is 0 Å². The third kappa shape index (κ3) is 1.18. The minimum Gasteiger partial charge on any atom is -0.0998 e. The van der Waals surface area contributed by atoms with Crippen molar-refractivity contribution in [1.29, 1.82) is 0 Å². The van der Waals surface area contributed by atoms with Crippen LogP contribution in [0.3, 0.4) is 0 Å². The molecule has 1 fully saturated rings. The van der Waals surface area contributed by atoms with Crippen LogP contribution in [0.4, 0.5) is 0 Å². The summed E-state index contributed by atoms with van der Waals surface area (Å²) in [5.41, 5.74) is 1.91. The summed E-state index contributed by atoms with van der Waals surface area (Å²) in [6, 6.07) is 0. The lowest BCUT2D eigenvalue weighted by molar-refractivity contribution is 0.405. The fourth-order valence-electron chi connectivity index (χ4n) is 2.13. The van der Waals surface area contributed by atoms with E-state index in [1.54, 1.807) is 0 Å². The zero-order valence-corrected chi connectivity index (χ0v) is 6.84. The van der Waals surface area contributed by atoms with E-state index in [9.17, 15) is 0 Å². The Morgan fingerprint density at radius 1 is 1.36 bits per heavy atom. The van der Waals surface area contributed by atoms with Gasteiger partial charge in [0.25, 0.3) is 0 Å². The molecule has 0 heteroatoms. The normalized spacial score (nSPS) is 35.5. The summed E-state index contributed by atoms with van der Waals surface area (Å²) < 4.78 is 0. The number of rotatable bonds is 0. The highest BCUT2D eigenvalue weighted by Crippen LogP contribution is 2.45. The van der Waals surface area contributed by atoms with Gasteiger partial charge in [-0.2, -0.15) is 0 Å². The van der Waals surface area contributed by atoms with Gasteiger partial charge in [-0.15, -0.1) is 0 Å². The van der Waals surface area contributed by atoms with Crippen molar-refractivity contribution < 1.29 is 0 Å². The van der Waals surface area contributed by atoms with E-state index in [-0.39, 0.29) is 0 Å². The lowest BCUT2D eigenvalue weighted by Crippen LogP contribution is -2.12.